The highest BCUT2D eigenvalue weighted by Crippen LogP contribution is 2.23. The molecular weight excluding hydrogens is 321 g/mol. The van der Waals surface area contributed by atoms with Gasteiger partial charge in [0.1, 0.15) is 17.8 Å². The van der Waals surface area contributed by atoms with E-state index in [9.17, 15) is 13.2 Å². The average Bonchev–Trinajstić information content (AvgIpc) is 2.63. The summed E-state index contributed by atoms with van der Waals surface area (Å²) in [6.07, 6.45) is 2.29. The Morgan fingerprint density at radius 3 is 2.20 bits per heavy atom. The van der Waals surface area contributed by atoms with Gasteiger partial charge in [-0.3, -0.25) is 0 Å². The molecule has 0 N–H and O–H groups in total. The minimum Gasteiger partial charge on any atom is -0.242 e. The smallest absolute Gasteiger partial charge is 0.130 e. The van der Waals surface area contributed by atoms with Gasteiger partial charge in [-0.15, -0.1) is 0 Å². The first-order valence-electron chi connectivity index (χ1n) is 8.03. The molecule has 3 heteroatoms. The van der Waals surface area contributed by atoms with Gasteiger partial charge >= 0.3 is 0 Å². The zero-order valence-corrected chi connectivity index (χ0v) is 13.5. The van der Waals surface area contributed by atoms with E-state index in [1.807, 2.05) is 6.07 Å². The van der Waals surface area contributed by atoms with E-state index in [4.69, 9.17) is 0 Å². The number of hydrogen-bond donors (Lipinski definition) is 0. The van der Waals surface area contributed by atoms with Crippen molar-refractivity contribution >= 4 is 12.2 Å². The third kappa shape index (κ3) is 4.60. The lowest BCUT2D eigenvalue weighted by atomic mass is 10.0. The Balaban J connectivity index is 1.71. The molecule has 0 saturated carbocycles. The molecular formula is C22H17F3. The molecule has 0 fully saturated rings. The van der Waals surface area contributed by atoms with Gasteiger partial charge in [0.15, 0.2) is 0 Å². The summed E-state index contributed by atoms with van der Waals surface area (Å²) < 4.78 is 41.4. The van der Waals surface area contributed by atoms with E-state index in [2.05, 4.69) is 0 Å². The number of benzene rings is 3. The summed E-state index contributed by atoms with van der Waals surface area (Å²) in [5.74, 6) is -0.719. The van der Waals surface area contributed by atoms with E-state index in [1.54, 1.807) is 60.7 Å². The van der Waals surface area contributed by atoms with Crippen molar-refractivity contribution in [3.63, 3.8) is 0 Å². The lowest BCUT2D eigenvalue weighted by molar-refractivity contribution is 0.342. The highest BCUT2D eigenvalue weighted by atomic mass is 19.1. The Morgan fingerprint density at radius 1 is 0.800 bits per heavy atom. The van der Waals surface area contributed by atoms with E-state index < -0.39 is 12.0 Å². The maximum atomic E-state index is 14.3. The maximum absolute atomic E-state index is 14.3. The van der Waals surface area contributed by atoms with Gasteiger partial charge < -0.3 is 0 Å². The van der Waals surface area contributed by atoms with Crippen LogP contribution in [0.1, 0.15) is 28.4 Å². The summed E-state index contributed by atoms with van der Waals surface area (Å²) in [7, 11) is 0. The quantitative estimate of drug-likeness (QED) is 0.473. The number of hydrogen-bond acceptors (Lipinski definition) is 0. The first kappa shape index (κ1) is 17.0. The van der Waals surface area contributed by atoms with E-state index in [0.29, 0.717) is 16.7 Å². The van der Waals surface area contributed by atoms with Gasteiger partial charge in [0, 0.05) is 12.0 Å². The van der Waals surface area contributed by atoms with E-state index >= 15 is 0 Å². The Hall–Kier alpha value is -2.81. The second-order valence-corrected chi connectivity index (χ2v) is 5.82. The molecule has 0 aliphatic carbocycles. The van der Waals surface area contributed by atoms with Crippen molar-refractivity contribution < 1.29 is 13.2 Å². The van der Waals surface area contributed by atoms with Gasteiger partial charge in [-0.05, 0) is 34.9 Å². The predicted octanol–water partition coefficient (Wildman–Crippen LogP) is 6.39. The SMILES string of the molecule is Fc1ccc(C=Cc2ccc(C[C@@H](F)c3ccccc3)cc2F)cc1. The molecule has 0 aromatic heterocycles. The molecule has 0 heterocycles. The molecule has 3 aromatic rings. The lowest BCUT2D eigenvalue weighted by Gasteiger charge is -2.09. The molecule has 126 valence electrons. The van der Waals surface area contributed by atoms with E-state index in [0.717, 1.165) is 5.56 Å². The number of alkyl halides is 1. The molecule has 1 atom stereocenters. The molecule has 0 saturated heterocycles. The zero-order valence-electron chi connectivity index (χ0n) is 13.5. The van der Waals surface area contributed by atoms with Crippen LogP contribution in [0.3, 0.4) is 0 Å². The monoisotopic (exact) mass is 338 g/mol. The van der Waals surface area contributed by atoms with Gasteiger partial charge in [0.05, 0.1) is 0 Å². The second kappa shape index (κ2) is 7.84. The third-order valence-electron chi connectivity index (χ3n) is 3.97. The van der Waals surface area contributed by atoms with Crippen LogP contribution in [0.2, 0.25) is 0 Å². The predicted molar refractivity (Wildman–Crippen MR) is 95.7 cm³/mol. The molecule has 0 amide bonds. The zero-order chi connectivity index (χ0) is 17.6. The topological polar surface area (TPSA) is 0 Å². The van der Waals surface area contributed by atoms with Crippen LogP contribution >= 0.6 is 0 Å². The summed E-state index contributed by atoms with van der Waals surface area (Å²) in [6.45, 7) is 0. The van der Waals surface area contributed by atoms with Crippen molar-refractivity contribution in [2.75, 3.05) is 0 Å². The van der Waals surface area contributed by atoms with Crippen LogP contribution in [0.25, 0.3) is 12.2 Å². The highest BCUT2D eigenvalue weighted by molar-refractivity contribution is 5.69. The van der Waals surface area contributed by atoms with Crippen LogP contribution in [0.15, 0.2) is 72.8 Å². The van der Waals surface area contributed by atoms with Crippen LogP contribution in [-0.4, -0.2) is 0 Å². The number of rotatable bonds is 5. The molecule has 0 spiro atoms. The van der Waals surface area contributed by atoms with Crippen molar-refractivity contribution in [2.24, 2.45) is 0 Å². The average molecular weight is 338 g/mol. The van der Waals surface area contributed by atoms with Crippen LogP contribution in [0.5, 0.6) is 0 Å². The Bertz CT molecular complexity index is 852. The van der Waals surface area contributed by atoms with Gasteiger partial charge in [-0.2, -0.15) is 0 Å². The molecule has 0 unspecified atom stereocenters. The molecule has 0 aliphatic heterocycles. The minimum atomic E-state index is -1.17. The Labute approximate surface area is 145 Å². The summed E-state index contributed by atoms with van der Waals surface area (Å²) >= 11 is 0. The highest BCUT2D eigenvalue weighted by Gasteiger charge is 2.11. The lowest BCUT2D eigenvalue weighted by Crippen LogP contribution is -1.98. The summed E-state index contributed by atoms with van der Waals surface area (Å²) in [6, 6.07) is 19.5. The fourth-order valence-corrected chi connectivity index (χ4v) is 2.58. The van der Waals surface area contributed by atoms with Gasteiger partial charge in [0.25, 0.3) is 0 Å². The van der Waals surface area contributed by atoms with Crippen LogP contribution in [-0.2, 0) is 6.42 Å². The molecule has 3 aromatic carbocycles. The molecule has 0 radical (unpaired) electrons. The first-order chi connectivity index (χ1) is 12.1. The standard InChI is InChI=1S/C22H17F3/c23-20-12-8-16(9-13-20)6-10-19-11-7-17(15-22(19)25)14-21(24)18-4-2-1-3-5-18/h1-13,15,21H,14H2/t21-/m1/s1. The van der Waals surface area contributed by atoms with E-state index in [-0.39, 0.29) is 12.2 Å². The van der Waals surface area contributed by atoms with Crippen LogP contribution in [0.4, 0.5) is 13.2 Å². The van der Waals surface area contributed by atoms with Crippen molar-refractivity contribution in [2.45, 2.75) is 12.6 Å². The Kier molecular flexibility index (Phi) is 5.34. The third-order valence-corrected chi connectivity index (χ3v) is 3.97. The summed E-state index contributed by atoms with van der Waals surface area (Å²) in [5, 5.41) is 0. The van der Waals surface area contributed by atoms with Crippen LogP contribution < -0.4 is 0 Å². The fourth-order valence-electron chi connectivity index (χ4n) is 2.58. The van der Waals surface area contributed by atoms with E-state index in [1.165, 1.54) is 18.2 Å². The van der Waals surface area contributed by atoms with Gasteiger partial charge in [-0.1, -0.05) is 66.7 Å². The minimum absolute atomic E-state index is 0.128. The van der Waals surface area contributed by atoms with Gasteiger partial charge in [-0.25, -0.2) is 13.2 Å². The Morgan fingerprint density at radius 2 is 1.52 bits per heavy atom. The first-order valence-corrected chi connectivity index (χ1v) is 8.03. The van der Waals surface area contributed by atoms with Crippen LogP contribution in [0, 0.1) is 11.6 Å². The van der Waals surface area contributed by atoms with Crippen molar-refractivity contribution in [1.82, 2.24) is 0 Å². The molecule has 0 aliphatic rings. The van der Waals surface area contributed by atoms with Crippen molar-refractivity contribution in [1.29, 1.82) is 0 Å². The van der Waals surface area contributed by atoms with Gasteiger partial charge in [0.2, 0.25) is 0 Å². The summed E-state index contributed by atoms with van der Waals surface area (Å²) in [5.41, 5.74) is 2.37. The normalized spacial score (nSPS) is 12.4. The molecule has 0 nitrogen and oxygen atoms in total. The van der Waals surface area contributed by atoms with Crippen molar-refractivity contribution in [3.8, 4) is 0 Å². The fraction of sp³-hybridized carbons (Fsp3) is 0.0909. The molecule has 0 bridgehead atoms. The maximum Gasteiger partial charge on any atom is 0.130 e. The largest absolute Gasteiger partial charge is 0.242 e. The summed E-state index contributed by atoms with van der Waals surface area (Å²) in [4.78, 5) is 0. The molecule has 25 heavy (non-hydrogen) atoms. The number of halogens is 3. The second-order valence-electron chi connectivity index (χ2n) is 5.82. The van der Waals surface area contributed by atoms with Crippen molar-refractivity contribution in [3.05, 3.63) is 107 Å². The molecule has 3 rings (SSSR count).